The molecule has 1 heterocycles. The molecular weight excluding hydrogens is 562 g/mol. The van der Waals surface area contributed by atoms with Crippen molar-refractivity contribution in [3.63, 3.8) is 0 Å². The molecule has 0 bridgehead atoms. The second kappa shape index (κ2) is 15.0. The van der Waals surface area contributed by atoms with Gasteiger partial charge in [-0.25, -0.2) is 15.2 Å². The molecule has 0 aliphatic carbocycles. The van der Waals surface area contributed by atoms with Gasteiger partial charge in [-0.1, -0.05) is 24.3 Å². The third-order valence-electron chi connectivity index (χ3n) is 7.23. The molecule has 0 unspecified atom stereocenters. The third-order valence-corrected chi connectivity index (χ3v) is 7.23. The van der Waals surface area contributed by atoms with Gasteiger partial charge in [0.05, 0.1) is 13.1 Å². The highest BCUT2D eigenvalue weighted by atomic mass is 16.6. The van der Waals surface area contributed by atoms with Crippen molar-refractivity contribution >= 4 is 29.5 Å². The smallest absolute Gasteiger partial charge is 0.410 e. The molecule has 2 aromatic carbocycles. The van der Waals surface area contributed by atoms with Gasteiger partial charge < -0.3 is 19.9 Å². The van der Waals surface area contributed by atoms with Gasteiger partial charge in [0.25, 0.3) is 11.8 Å². The number of hydrogen-bond acceptors (Lipinski definition) is 8. The normalized spacial score (nSPS) is 12.8. The Morgan fingerprint density at radius 3 is 2.18 bits per heavy atom. The summed E-state index contributed by atoms with van der Waals surface area (Å²) in [6, 6.07) is 13.1. The van der Waals surface area contributed by atoms with Gasteiger partial charge in [-0.3, -0.25) is 24.8 Å². The van der Waals surface area contributed by atoms with Gasteiger partial charge in [0.2, 0.25) is 5.91 Å². The van der Waals surface area contributed by atoms with Crippen molar-refractivity contribution in [1.82, 2.24) is 31.1 Å². The highest BCUT2D eigenvalue weighted by Gasteiger charge is 2.28. The van der Waals surface area contributed by atoms with Crippen molar-refractivity contribution in [3.8, 4) is 0 Å². The van der Waals surface area contributed by atoms with Crippen molar-refractivity contribution < 1.29 is 23.9 Å². The number of fused-ring (bicyclic) bond motifs is 1. The highest BCUT2D eigenvalue weighted by molar-refractivity contribution is 5.95. The number of carbonyl (C=O) groups is 4. The summed E-state index contributed by atoms with van der Waals surface area (Å²) in [5, 5.41) is 6.46. The molecule has 4 amide bonds. The summed E-state index contributed by atoms with van der Waals surface area (Å²) < 4.78 is 5.51. The van der Waals surface area contributed by atoms with E-state index in [0.717, 1.165) is 5.56 Å². The molecule has 0 atom stereocenters. The topological polar surface area (TPSA) is 127 Å². The first-order valence-corrected chi connectivity index (χ1v) is 14.9. The van der Waals surface area contributed by atoms with E-state index in [-0.39, 0.29) is 49.9 Å². The van der Waals surface area contributed by atoms with Gasteiger partial charge in [0, 0.05) is 57.6 Å². The zero-order valence-electron chi connectivity index (χ0n) is 27.2. The quantitative estimate of drug-likeness (QED) is 0.314. The largest absolute Gasteiger partial charge is 0.444 e. The maximum absolute atomic E-state index is 13.6. The Labute approximate surface area is 260 Å². The van der Waals surface area contributed by atoms with Crippen molar-refractivity contribution in [2.75, 3.05) is 45.2 Å². The molecule has 12 nitrogen and oxygen atoms in total. The van der Waals surface area contributed by atoms with Gasteiger partial charge in [-0.15, -0.1) is 0 Å². The Morgan fingerprint density at radius 2 is 1.64 bits per heavy atom. The fourth-order valence-corrected chi connectivity index (χ4v) is 4.94. The van der Waals surface area contributed by atoms with Crippen LogP contribution >= 0.6 is 0 Å². The number of rotatable bonds is 12. The van der Waals surface area contributed by atoms with Gasteiger partial charge in [0.1, 0.15) is 5.60 Å². The Morgan fingerprint density at radius 1 is 1.00 bits per heavy atom. The van der Waals surface area contributed by atoms with E-state index in [9.17, 15) is 19.2 Å². The minimum Gasteiger partial charge on any atom is -0.444 e. The van der Waals surface area contributed by atoms with Crippen LogP contribution in [0.15, 0.2) is 42.5 Å². The highest BCUT2D eigenvalue weighted by Crippen LogP contribution is 2.25. The third kappa shape index (κ3) is 9.42. The molecule has 0 saturated carbocycles. The fraction of sp³-hybridized carbons (Fsp3) is 0.500. The van der Waals surface area contributed by atoms with Crippen molar-refractivity contribution in [3.05, 3.63) is 64.7 Å². The number of aryl methyl sites for hydroxylation is 1. The fourth-order valence-electron chi connectivity index (χ4n) is 4.94. The molecule has 240 valence electrons. The van der Waals surface area contributed by atoms with E-state index in [2.05, 4.69) is 28.3 Å². The SMILES string of the molecule is CNNC(=O)c1ccc(N(CC(=O)NCCN(C(=O)OC(C)(C)C)C(C)C)CC(=O)N(C)N2Cc3ccccc3C2)c(C)c1. The summed E-state index contributed by atoms with van der Waals surface area (Å²) in [4.78, 5) is 55.1. The molecule has 3 rings (SSSR count). The molecule has 0 spiro atoms. The van der Waals surface area contributed by atoms with Crippen molar-refractivity contribution in [2.24, 2.45) is 0 Å². The molecule has 44 heavy (non-hydrogen) atoms. The average Bonchev–Trinajstić information content (AvgIpc) is 3.37. The van der Waals surface area contributed by atoms with Crippen LogP contribution in [-0.2, 0) is 27.4 Å². The number of amides is 4. The predicted octanol–water partition coefficient (Wildman–Crippen LogP) is 2.82. The molecule has 0 aromatic heterocycles. The molecule has 1 aliphatic rings. The van der Waals surface area contributed by atoms with E-state index < -0.39 is 11.7 Å². The Hall–Kier alpha value is -4.16. The first-order chi connectivity index (χ1) is 20.7. The van der Waals surface area contributed by atoms with E-state index >= 15 is 0 Å². The molecular formula is C32H47N7O5. The van der Waals surface area contributed by atoms with Crippen LogP contribution in [0.5, 0.6) is 0 Å². The lowest BCUT2D eigenvalue weighted by molar-refractivity contribution is -0.145. The molecule has 0 fully saturated rings. The minimum absolute atomic E-state index is 0.0598. The van der Waals surface area contributed by atoms with E-state index in [4.69, 9.17) is 4.74 Å². The summed E-state index contributed by atoms with van der Waals surface area (Å²) in [6.07, 6.45) is -0.445. The zero-order chi connectivity index (χ0) is 32.6. The average molecular weight is 610 g/mol. The predicted molar refractivity (Wildman–Crippen MR) is 169 cm³/mol. The number of anilines is 1. The van der Waals surface area contributed by atoms with Crippen LogP contribution in [-0.4, -0.2) is 90.6 Å². The molecule has 1 aliphatic heterocycles. The van der Waals surface area contributed by atoms with Gasteiger partial charge >= 0.3 is 6.09 Å². The number of carbonyl (C=O) groups excluding carboxylic acids is 4. The van der Waals surface area contributed by atoms with Gasteiger partial charge in [-0.2, -0.15) is 0 Å². The van der Waals surface area contributed by atoms with E-state index in [1.165, 1.54) is 11.1 Å². The molecule has 3 N–H and O–H groups in total. The van der Waals surface area contributed by atoms with Crippen LogP contribution in [0.1, 0.15) is 61.7 Å². The second-order valence-electron chi connectivity index (χ2n) is 12.2. The maximum atomic E-state index is 13.6. The number of ether oxygens (including phenoxy) is 1. The van der Waals surface area contributed by atoms with Crippen LogP contribution in [0, 0.1) is 6.92 Å². The van der Waals surface area contributed by atoms with Crippen LogP contribution < -0.4 is 21.1 Å². The van der Waals surface area contributed by atoms with Crippen molar-refractivity contribution in [2.45, 2.75) is 66.3 Å². The summed E-state index contributed by atoms with van der Waals surface area (Å²) in [6.45, 7) is 12.6. The Bertz CT molecular complexity index is 1320. The lowest BCUT2D eigenvalue weighted by Crippen LogP contribution is -2.49. The number of nitrogens with one attached hydrogen (secondary N) is 3. The Kier molecular flexibility index (Phi) is 11.7. The van der Waals surface area contributed by atoms with Crippen LogP contribution in [0.25, 0.3) is 0 Å². The molecule has 0 saturated heterocycles. The van der Waals surface area contributed by atoms with Gasteiger partial charge in [0.15, 0.2) is 0 Å². The van der Waals surface area contributed by atoms with Crippen LogP contribution in [0.3, 0.4) is 0 Å². The number of hydrogen-bond donors (Lipinski definition) is 3. The first-order valence-electron chi connectivity index (χ1n) is 14.9. The van der Waals surface area contributed by atoms with Gasteiger partial charge in [-0.05, 0) is 76.4 Å². The molecule has 2 aromatic rings. The van der Waals surface area contributed by atoms with E-state index in [1.54, 1.807) is 47.1 Å². The van der Waals surface area contributed by atoms with E-state index in [1.807, 2.05) is 58.7 Å². The maximum Gasteiger partial charge on any atom is 0.410 e. The number of hydrazine groups is 2. The monoisotopic (exact) mass is 609 g/mol. The first kappa shape index (κ1) is 34.3. The molecule has 0 radical (unpaired) electrons. The Balaban J connectivity index is 1.73. The van der Waals surface area contributed by atoms with E-state index in [0.29, 0.717) is 24.3 Å². The van der Waals surface area contributed by atoms with Crippen LogP contribution in [0.2, 0.25) is 0 Å². The summed E-state index contributed by atoms with van der Waals surface area (Å²) in [7, 11) is 3.34. The second-order valence-corrected chi connectivity index (χ2v) is 12.2. The van der Waals surface area contributed by atoms with Crippen molar-refractivity contribution in [1.29, 1.82) is 0 Å². The summed E-state index contributed by atoms with van der Waals surface area (Å²) in [5.74, 6) is -0.785. The lowest BCUT2D eigenvalue weighted by atomic mass is 10.1. The lowest BCUT2D eigenvalue weighted by Gasteiger charge is -2.32. The number of benzene rings is 2. The zero-order valence-corrected chi connectivity index (χ0v) is 27.2. The molecule has 12 heteroatoms. The number of likely N-dealkylation sites (N-methyl/N-ethyl adjacent to an activating group) is 1. The minimum atomic E-state index is -0.632. The van der Waals surface area contributed by atoms with Crippen LogP contribution in [0.4, 0.5) is 10.5 Å². The number of nitrogens with zero attached hydrogens (tertiary/aromatic N) is 4. The summed E-state index contributed by atoms with van der Waals surface area (Å²) in [5.41, 5.74) is 8.73. The summed E-state index contributed by atoms with van der Waals surface area (Å²) >= 11 is 0. The standard InChI is InChI=1S/C32H47N7O5/c1-22(2)39(31(43)44-32(4,5)6)16-15-34-28(40)20-37(27-14-13-24(17-23(27)3)30(42)35-33-7)21-29(41)36(8)38-18-25-11-9-10-12-26(25)19-38/h9-14,17,22,33H,15-16,18-21H2,1-8H3,(H,34,40)(H,35,42).